The van der Waals surface area contributed by atoms with Gasteiger partial charge >= 0.3 is 0 Å². The summed E-state index contributed by atoms with van der Waals surface area (Å²) in [5, 5.41) is 3.21. The van der Waals surface area contributed by atoms with Gasteiger partial charge in [0.2, 0.25) is 0 Å². The Balaban J connectivity index is 0.00000192. The Hall–Kier alpha value is -0.790. The molecule has 1 aliphatic rings. The van der Waals surface area contributed by atoms with E-state index >= 15 is 0 Å². The predicted molar refractivity (Wildman–Crippen MR) is 89.2 cm³/mol. The summed E-state index contributed by atoms with van der Waals surface area (Å²) < 4.78 is 42.0. The van der Waals surface area contributed by atoms with Crippen molar-refractivity contribution in [3.05, 3.63) is 56.5 Å². The smallest absolute Gasteiger partial charge is 0.164 e. The number of nitrogens with one attached hydrogen (secondary N) is 1. The van der Waals surface area contributed by atoms with E-state index in [1.165, 1.54) is 11.3 Å². The van der Waals surface area contributed by atoms with E-state index < -0.39 is 23.5 Å². The molecule has 8 heteroatoms. The number of nitrogens with zero attached hydrogens (tertiary/aromatic N) is 1. The third kappa shape index (κ3) is 4.00. The molecule has 1 atom stereocenters. The molecule has 0 saturated carbocycles. The van der Waals surface area contributed by atoms with Crippen molar-refractivity contribution in [2.45, 2.75) is 6.04 Å². The number of hydrogen-bond donors (Lipinski definition) is 1. The average molecular weight is 383 g/mol. The van der Waals surface area contributed by atoms with E-state index in [9.17, 15) is 13.2 Å². The van der Waals surface area contributed by atoms with Gasteiger partial charge < -0.3 is 5.32 Å². The quantitative estimate of drug-likeness (QED) is 0.798. The van der Waals surface area contributed by atoms with Gasteiger partial charge in [0, 0.05) is 42.7 Å². The first-order valence-corrected chi connectivity index (χ1v) is 8.10. The lowest BCUT2D eigenvalue weighted by Crippen LogP contribution is -2.45. The summed E-state index contributed by atoms with van der Waals surface area (Å²) in [6.07, 6.45) is 0. The van der Waals surface area contributed by atoms with Gasteiger partial charge in [-0.1, -0.05) is 11.6 Å². The molecule has 2 aromatic rings. The maximum absolute atomic E-state index is 14.3. The van der Waals surface area contributed by atoms with Gasteiger partial charge in [0.05, 0.1) is 10.4 Å². The van der Waals surface area contributed by atoms with E-state index in [0.29, 0.717) is 23.5 Å². The van der Waals surface area contributed by atoms with Gasteiger partial charge in [0.25, 0.3) is 0 Å². The molecule has 2 heterocycles. The Bertz CT molecular complexity index is 675. The molecule has 3 rings (SSSR count). The average Bonchev–Trinajstić information content (AvgIpc) is 2.92. The summed E-state index contributed by atoms with van der Waals surface area (Å²) in [7, 11) is 0. The van der Waals surface area contributed by atoms with Gasteiger partial charge in [0.1, 0.15) is 5.82 Å². The third-order valence-electron chi connectivity index (χ3n) is 3.70. The molecule has 0 bridgehead atoms. The van der Waals surface area contributed by atoms with Gasteiger partial charge in [-0.3, -0.25) is 4.90 Å². The molecule has 1 aliphatic heterocycles. The molecule has 23 heavy (non-hydrogen) atoms. The van der Waals surface area contributed by atoms with Crippen molar-refractivity contribution in [1.29, 1.82) is 0 Å². The maximum Gasteiger partial charge on any atom is 0.164 e. The zero-order chi connectivity index (χ0) is 15.7. The Labute approximate surface area is 147 Å². The second kappa shape index (κ2) is 7.85. The topological polar surface area (TPSA) is 15.3 Å². The monoisotopic (exact) mass is 382 g/mol. The summed E-state index contributed by atoms with van der Waals surface area (Å²) in [5.41, 5.74) is 0.0120. The molecule has 1 N–H and O–H groups in total. The molecule has 1 saturated heterocycles. The van der Waals surface area contributed by atoms with E-state index in [4.69, 9.17) is 11.6 Å². The van der Waals surface area contributed by atoms with Crippen molar-refractivity contribution in [1.82, 2.24) is 10.2 Å². The normalized spacial score (nSPS) is 16.9. The summed E-state index contributed by atoms with van der Waals surface area (Å²) in [5.74, 6) is -2.95. The van der Waals surface area contributed by atoms with Crippen LogP contribution in [0.25, 0.3) is 0 Å². The predicted octanol–water partition coefficient (Wildman–Crippen LogP) is 4.24. The van der Waals surface area contributed by atoms with Crippen LogP contribution in [0.2, 0.25) is 4.34 Å². The Morgan fingerprint density at radius 3 is 2.43 bits per heavy atom. The first-order valence-electron chi connectivity index (χ1n) is 6.90. The fraction of sp³-hybridized carbons (Fsp3) is 0.333. The van der Waals surface area contributed by atoms with Crippen LogP contribution in [0.3, 0.4) is 0 Å². The highest BCUT2D eigenvalue weighted by Gasteiger charge is 2.29. The van der Waals surface area contributed by atoms with Crippen molar-refractivity contribution in [2.75, 3.05) is 26.2 Å². The summed E-state index contributed by atoms with van der Waals surface area (Å²) in [4.78, 5) is 2.78. The van der Waals surface area contributed by atoms with Gasteiger partial charge in [-0.25, -0.2) is 13.2 Å². The minimum atomic E-state index is -1.17. The van der Waals surface area contributed by atoms with Crippen molar-refractivity contribution >= 4 is 35.3 Å². The van der Waals surface area contributed by atoms with Gasteiger partial charge in [0.15, 0.2) is 11.6 Å². The van der Waals surface area contributed by atoms with E-state index in [1.54, 1.807) is 12.1 Å². The molecule has 1 fully saturated rings. The second-order valence-corrected chi connectivity index (χ2v) is 6.87. The summed E-state index contributed by atoms with van der Waals surface area (Å²) >= 11 is 7.28. The van der Waals surface area contributed by atoms with E-state index in [1.807, 2.05) is 4.90 Å². The van der Waals surface area contributed by atoms with Crippen molar-refractivity contribution in [2.24, 2.45) is 0 Å². The number of halogens is 5. The second-order valence-electron chi connectivity index (χ2n) is 5.12. The summed E-state index contributed by atoms with van der Waals surface area (Å²) in [6, 6.07) is 4.59. The lowest BCUT2D eigenvalue weighted by Gasteiger charge is -2.34. The lowest BCUT2D eigenvalue weighted by atomic mass is 10.0. The van der Waals surface area contributed by atoms with Crippen molar-refractivity contribution < 1.29 is 13.2 Å². The highest BCUT2D eigenvalue weighted by Crippen LogP contribution is 2.37. The van der Waals surface area contributed by atoms with Crippen LogP contribution < -0.4 is 5.32 Å². The van der Waals surface area contributed by atoms with Crippen LogP contribution in [0.4, 0.5) is 13.2 Å². The maximum atomic E-state index is 14.3. The van der Waals surface area contributed by atoms with Gasteiger partial charge in [-0.2, -0.15) is 0 Å². The Morgan fingerprint density at radius 1 is 1.13 bits per heavy atom. The standard InChI is InChI=1S/C15H14ClF3N2S.ClH/c16-13-2-1-12(22-13)15(21-5-3-20-4-6-21)10-7-9(17)8-11(18)14(10)19;/h1-2,7-8,15,20H,3-6H2;1H/t15-;/m0./s1. The van der Waals surface area contributed by atoms with Crippen LogP contribution in [0, 0.1) is 17.5 Å². The van der Waals surface area contributed by atoms with Crippen LogP contribution in [-0.4, -0.2) is 31.1 Å². The molecule has 0 radical (unpaired) electrons. The number of rotatable bonds is 3. The molecule has 1 aromatic heterocycles. The van der Waals surface area contributed by atoms with E-state index in [0.717, 1.165) is 24.0 Å². The molecule has 0 amide bonds. The number of benzene rings is 1. The fourth-order valence-corrected chi connectivity index (χ4v) is 3.94. The van der Waals surface area contributed by atoms with E-state index in [2.05, 4.69) is 5.32 Å². The van der Waals surface area contributed by atoms with Gasteiger partial charge in [-0.15, -0.1) is 23.7 Å². The SMILES string of the molecule is Cl.Fc1cc(F)c(F)c([C@@H](c2ccc(Cl)s2)N2CCNCC2)c1. The van der Waals surface area contributed by atoms with Crippen LogP contribution in [0.5, 0.6) is 0 Å². The van der Waals surface area contributed by atoms with Crippen LogP contribution in [0.15, 0.2) is 24.3 Å². The molecule has 0 spiro atoms. The first kappa shape index (κ1) is 18.5. The fourth-order valence-electron chi connectivity index (χ4n) is 2.72. The minimum absolute atomic E-state index is 0. The molecular formula is C15H15Cl2F3N2S. The highest BCUT2D eigenvalue weighted by molar-refractivity contribution is 7.16. The van der Waals surface area contributed by atoms with Crippen molar-refractivity contribution in [3.63, 3.8) is 0 Å². The molecule has 0 unspecified atom stereocenters. The molecule has 1 aromatic carbocycles. The van der Waals surface area contributed by atoms with Gasteiger partial charge in [-0.05, 0) is 18.2 Å². The minimum Gasteiger partial charge on any atom is -0.314 e. The largest absolute Gasteiger partial charge is 0.314 e. The van der Waals surface area contributed by atoms with Crippen molar-refractivity contribution in [3.8, 4) is 0 Å². The highest BCUT2D eigenvalue weighted by atomic mass is 35.5. The molecular weight excluding hydrogens is 368 g/mol. The first-order chi connectivity index (χ1) is 10.6. The zero-order valence-electron chi connectivity index (χ0n) is 12.0. The van der Waals surface area contributed by atoms with Crippen LogP contribution >= 0.6 is 35.3 Å². The molecule has 126 valence electrons. The lowest BCUT2D eigenvalue weighted by molar-refractivity contribution is 0.196. The number of hydrogen-bond acceptors (Lipinski definition) is 3. The van der Waals surface area contributed by atoms with E-state index in [-0.39, 0.29) is 18.0 Å². The zero-order valence-corrected chi connectivity index (χ0v) is 14.4. The number of piperazine rings is 1. The van der Waals surface area contributed by atoms with Crippen LogP contribution in [0.1, 0.15) is 16.5 Å². The summed E-state index contributed by atoms with van der Waals surface area (Å²) in [6.45, 7) is 2.82. The Morgan fingerprint density at radius 2 is 1.83 bits per heavy atom. The molecule has 0 aliphatic carbocycles. The third-order valence-corrected chi connectivity index (χ3v) is 4.98. The molecule has 2 nitrogen and oxygen atoms in total. The van der Waals surface area contributed by atoms with Crippen LogP contribution in [-0.2, 0) is 0 Å². The Kier molecular flexibility index (Phi) is 6.33. The number of thiophene rings is 1.